The van der Waals surface area contributed by atoms with E-state index in [1.807, 2.05) is 20.9 Å². The molecule has 1 amide bonds. The molecule has 19 heavy (non-hydrogen) atoms. The van der Waals surface area contributed by atoms with Gasteiger partial charge in [0.25, 0.3) is 5.91 Å². The minimum atomic E-state index is -0.118. The van der Waals surface area contributed by atoms with Crippen molar-refractivity contribution in [1.29, 1.82) is 0 Å². The van der Waals surface area contributed by atoms with E-state index in [9.17, 15) is 4.79 Å². The highest BCUT2D eigenvalue weighted by molar-refractivity contribution is 5.96. The number of aromatic nitrogens is 2. The number of rotatable bonds is 3. The molecule has 2 aromatic rings. The summed E-state index contributed by atoms with van der Waals surface area (Å²) in [5.74, 6) is -0.118. The highest BCUT2D eigenvalue weighted by atomic mass is 16.1. The molecule has 0 bridgehead atoms. The van der Waals surface area contributed by atoms with Gasteiger partial charge in [-0.25, -0.2) is 0 Å². The summed E-state index contributed by atoms with van der Waals surface area (Å²) >= 11 is 0. The molecule has 1 aromatic carbocycles. The van der Waals surface area contributed by atoms with Crippen LogP contribution in [0.3, 0.4) is 0 Å². The topological polar surface area (TPSA) is 72.9 Å². The van der Waals surface area contributed by atoms with E-state index < -0.39 is 0 Å². The second-order valence-electron chi connectivity index (χ2n) is 4.58. The number of aryl methyl sites for hydroxylation is 1. The third-order valence-electron chi connectivity index (χ3n) is 3.40. The van der Waals surface area contributed by atoms with Crippen LogP contribution in [0.1, 0.15) is 27.2 Å². The van der Waals surface area contributed by atoms with Gasteiger partial charge in [-0.3, -0.25) is 9.48 Å². The molecule has 0 saturated heterocycles. The maximum atomic E-state index is 12.1. The fourth-order valence-electron chi connectivity index (χ4n) is 1.89. The summed E-state index contributed by atoms with van der Waals surface area (Å²) in [6, 6.07) is 5.35. The Labute approximate surface area is 112 Å². The van der Waals surface area contributed by atoms with Crippen molar-refractivity contribution in [2.45, 2.75) is 20.4 Å². The van der Waals surface area contributed by atoms with Gasteiger partial charge in [0.2, 0.25) is 0 Å². The first-order valence-corrected chi connectivity index (χ1v) is 6.11. The van der Waals surface area contributed by atoms with Crippen LogP contribution in [0.5, 0.6) is 0 Å². The van der Waals surface area contributed by atoms with Crippen molar-refractivity contribution in [3.63, 3.8) is 0 Å². The molecule has 0 aliphatic rings. The first-order chi connectivity index (χ1) is 9.00. The highest BCUT2D eigenvalue weighted by Crippen LogP contribution is 2.15. The summed E-state index contributed by atoms with van der Waals surface area (Å²) in [4.78, 5) is 12.1. The fraction of sp³-hybridized carbons (Fsp3) is 0.286. The van der Waals surface area contributed by atoms with Crippen LogP contribution in [0.4, 0.5) is 5.69 Å². The second-order valence-corrected chi connectivity index (χ2v) is 4.58. The van der Waals surface area contributed by atoms with Gasteiger partial charge >= 0.3 is 0 Å². The Hall–Kier alpha value is -2.30. The van der Waals surface area contributed by atoms with Crippen molar-refractivity contribution in [3.05, 3.63) is 46.8 Å². The quantitative estimate of drug-likeness (QED) is 0.820. The van der Waals surface area contributed by atoms with E-state index in [2.05, 4.69) is 10.4 Å². The SMILES string of the molecule is Cc1c(N)cccc1C(=O)NCc1cnn(C)c1C. The maximum absolute atomic E-state index is 12.1. The minimum absolute atomic E-state index is 0.118. The van der Waals surface area contributed by atoms with Crippen molar-refractivity contribution < 1.29 is 4.79 Å². The summed E-state index contributed by atoms with van der Waals surface area (Å²) in [5.41, 5.74) is 9.91. The largest absolute Gasteiger partial charge is 0.398 e. The first kappa shape index (κ1) is 13.1. The van der Waals surface area contributed by atoms with Gasteiger partial charge in [0.05, 0.1) is 6.20 Å². The Bertz CT molecular complexity index is 616. The molecular weight excluding hydrogens is 240 g/mol. The molecule has 1 aromatic heterocycles. The fourth-order valence-corrected chi connectivity index (χ4v) is 1.89. The van der Waals surface area contributed by atoms with E-state index in [1.165, 1.54) is 0 Å². The summed E-state index contributed by atoms with van der Waals surface area (Å²) in [5, 5.41) is 7.03. The standard InChI is InChI=1S/C14H18N4O/c1-9-12(5-4-6-13(9)15)14(19)16-7-11-8-17-18(3)10(11)2/h4-6,8H,7,15H2,1-3H3,(H,16,19). The van der Waals surface area contributed by atoms with E-state index in [0.717, 1.165) is 16.8 Å². The number of nitrogens with one attached hydrogen (secondary N) is 1. The number of amides is 1. The normalized spacial score (nSPS) is 10.5. The number of carbonyl (C=O) groups excluding carboxylic acids is 1. The van der Waals surface area contributed by atoms with Gasteiger partial charge in [0.1, 0.15) is 0 Å². The molecule has 0 fully saturated rings. The average molecular weight is 258 g/mol. The van der Waals surface area contributed by atoms with Crippen LogP contribution >= 0.6 is 0 Å². The van der Waals surface area contributed by atoms with Gasteiger partial charge in [-0.2, -0.15) is 5.10 Å². The van der Waals surface area contributed by atoms with Gasteiger partial charge < -0.3 is 11.1 Å². The molecule has 1 heterocycles. The molecule has 0 radical (unpaired) electrons. The molecule has 0 atom stereocenters. The summed E-state index contributed by atoms with van der Waals surface area (Å²) in [6.45, 7) is 4.28. The van der Waals surface area contributed by atoms with Crippen molar-refractivity contribution in [3.8, 4) is 0 Å². The number of benzene rings is 1. The Morgan fingerprint density at radius 2 is 2.16 bits per heavy atom. The summed E-state index contributed by atoms with van der Waals surface area (Å²) in [6.07, 6.45) is 1.77. The van der Waals surface area contributed by atoms with Gasteiger partial charge in [0.15, 0.2) is 0 Å². The van der Waals surface area contributed by atoms with Crippen LogP contribution in [-0.4, -0.2) is 15.7 Å². The molecule has 0 unspecified atom stereocenters. The number of nitrogens with two attached hydrogens (primary N) is 1. The molecule has 0 aliphatic carbocycles. The van der Waals surface area contributed by atoms with Crippen LogP contribution in [0.15, 0.2) is 24.4 Å². The smallest absolute Gasteiger partial charge is 0.251 e. The van der Waals surface area contributed by atoms with Gasteiger partial charge in [-0.1, -0.05) is 6.07 Å². The van der Waals surface area contributed by atoms with Gasteiger partial charge in [0, 0.05) is 36.1 Å². The highest BCUT2D eigenvalue weighted by Gasteiger charge is 2.11. The van der Waals surface area contributed by atoms with E-state index >= 15 is 0 Å². The van der Waals surface area contributed by atoms with Crippen molar-refractivity contribution in [2.24, 2.45) is 7.05 Å². The van der Waals surface area contributed by atoms with Gasteiger partial charge in [-0.05, 0) is 31.5 Å². The summed E-state index contributed by atoms with van der Waals surface area (Å²) in [7, 11) is 1.88. The zero-order valence-electron chi connectivity index (χ0n) is 11.4. The number of nitrogen functional groups attached to an aromatic ring is 1. The molecule has 100 valence electrons. The molecule has 5 heteroatoms. The molecule has 0 saturated carbocycles. The Balaban J connectivity index is 2.10. The van der Waals surface area contributed by atoms with Crippen molar-refractivity contribution >= 4 is 11.6 Å². The van der Waals surface area contributed by atoms with Crippen molar-refractivity contribution in [2.75, 3.05) is 5.73 Å². The zero-order chi connectivity index (χ0) is 14.0. The Morgan fingerprint density at radius 1 is 1.42 bits per heavy atom. The van der Waals surface area contributed by atoms with E-state index in [-0.39, 0.29) is 5.91 Å². The first-order valence-electron chi connectivity index (χ1n) is 6.11. The molecule has 5 nitrogen and oxygen atoms in total. The van der Waals surface area contributed by atoms with E-state index in [1.54, 1.807) is 29.1 Å². The lowest BCUT2D eigenvalue weighted by molar-refractivity contribution is 0.0950. The number of carbonyl (C=O) groups is 1. The number of nitrogens with zero attached hydrogens (tertiary/aromatic N) is 2. The lowest BCUT2D eigenvalue weighted by Gasteiger charge is -2.09. The molecular formula is C14H18N4O. The third-order valence-corrected chi connectivity index (χ3v) is 3.40. The second kappa shape index (κ2) is 5.14. The molecule has 3 N–H and O–H groups in total. The monoisotopic (exact) mass is 258 g/mol. The third kappa shape index (κ3) is 2.59. The minimum Gasteiger partial charge on any atom is -0.398 e. The van der Waals surface area contributed by atoms with E-state index in [0.29, 0.717) is 17.8 Å². The summed E-state index contributed by atoms with van der Waals surface area (Å²) < 4.78 is 1.78. The Kier molecular flexibility index (Phi) is 3.55. The maximum Gasteiger partial charge on any atom is 0.251 e. The van der Waals surface area contributed by atoms with Crippen LogP contribution in [0.25, 0.3) is 0 Å². The van der Waals surface area contributed by atoms with E-state index in [4.69, 9.17) is 5.73 Å². The van der Waals surface area contributed by atoms with Crippen LogP contribution in [0, 0.1) is 13.8 Å². The van der Waals surface area contributed by atoms with Gasteiger partial charge in [-0.15, -0.1) is 0 Å². The van der Waals surface area contributed by atoms with Crippen molar-refractivity contribution in [1.82, 2.24) is 15.1 Å². The lowest BCUT2D eigenvalue weighted by atomic mass is 10.1. The van der Waals surface area contributed by atoms with Crippen LogP contribution < -0.4 is 11.1 Å². The molecule has 2 rings (SSSR count). The predicted molar refractivity (Wildman–Crippen MR) is 74.7 cm³/mol. The zero-order valence-corrected chi connectivity index (χ0v) is 11.4. The van der Waals surface area contributed by atoms with Crippen LogP contribution in [0.2, 0.25) is 0 Å². The average Bonchev–Trinajstić information content (AvgIpc) is 2.70. The predicted octanol–water partition coefficient (Wildman–Crippen LogP) is 1.55. The van der Waals surface area contributed by atoms with Crippen LogP contribution in [-0.2, 0) is 13.6 Å². The number of anilines is 1. The number of hydrogen-bond acceptors (Lipinski definition) is 3. The lowest BCUT2D eigenvalue weighted by Crippen LogP contribution is -2.24. The number of hydrogen-bond donors (Lipinski definition) is 2. The molecule has 0 spiro atoms. The molecule has 0 aliphatic heterocycles. The Morgan fingerprint density at radius 3 is 2.79 bits per heavy atom.